The third kappa shape index (κ3) is 2.17. The molecule has 0 saturated heterocycles. The Balaban J connectivity index is 2.17. The molecule has 6 nitrogen and oxygen atoms in total. The van der Waals surface area contributed by atoms with Gasteiger partial charge in [-0.3, -0.25) is 9.48 Å². The maximum Gasteiger partial charge on any atom is 0.275 e. The Morgan fingerprint density at radius 1 is 1.50 bits per heavy atom. The molecule has 1 N–H and O–H groups in total. The van der Waals surface area contributed by atoms with Crippen molar-refractivity contribution >= 4 is 23.3 Å². The molecule has 0 radical (unpaired) electrons. The molecule has 0 aliphatic carbocycles. The van der Waals surface area contributed by atoms with E-state index in [1.807, 2.05) is 0 Å². The molecule has 0 fully saturated rings. The zero-order valence-electron chi connectivity index (χ0n) is 8.38. The molecule has 0 aromatic carbocycles. The average Bonchev–Trinajstić information content (AvgIpc) is 2.64. The Bertz CT molecular complexity index is 524. The van der Waals surface area contributed by atoms with Crippen molar-refractivity contribution in [1.82, 2.24) is 19.7 Å². The number of nitrogens with zero attached hydrogens (tertiary/aromatic N) is 4. The van der Waals surface area contributed by atoms with E-state index in [9.17, 15) is 4.79 Å². The maximum absolute atomic E-state index is 11.7. The van der Waals surface area contributed by atoms with Crippen LogP contribution in [-0.4, -0.2) is 25.7 Å². The third-order valence-electron chi connectivity index (χ3n) is 1.93. The first kappa shape index (κ1) is 10.6. The molecular weight excluding hydrogens is 230 g/mol. The number of aryl methyl sites for hydroxylation is 1. The zero-order chi connectivity index (χ0) is 11.5. The van der Waals surface area contributed by atoms with Gasteiger partial charge in [0.1, 0.15) is 23.0 Å². The number of hydrogen-bond acceptors (Lipinski definition) is 4. The van der Waals surface area contributed by atoms with Crippen LogP contribution in [0.2, 0.25) is 5.15 Å². The first-order chi connectivity index (χ1) is 7.66. The van der Waals surface area contributed by atoms with Crippen molar-refractivity contribution in [3.63, 3.8) is 0 Å². The maximum atomic E-state index is 11.7. The molecule has 0 unspecified atom stereocenters. The summed E-state index contributed by atoms with van der Waals surface area (Å²) < 4.78 is 1.47. The van der Waals surface area contributed by atoms with Gasteiger partial charge in [0, 0.05) is 19.3 Å². The second-order valence-corrected chi connectivity index (χ2v) is 3.41. The Morgan fingerprint density at radius 3 is 2.94 bits per heavy atom. The summed E-state index contributed by atoms with van der Waals surface area (Å²) in [6.45, 7) is 0. The van der Waals surface area contributed by atoms with E-state index in [4.69, 9.17) is 11.6 Å². The summed E-state index contributed by atoms with van der Waals surface area (Å²) in [6, 6.07) is 3.08. The van der Waals surface area contributed by atoms with Gasteiger partial charge in [-0.15, -0.1) is 0 Å². The Hall–Kier alpha value is -1.95. The highest BCUT2D eigenvalue weighted by Gasteiger charge is 2.10. The number of carbonyl (C=O) groups is 1. The van der Waals surface area contributed by atoms with Gasteiger partial charge in [-0.2, -0.15) is 5.10 Å². The van der Waals surface area contributed by atoms with Crippen LogP contribution in [-0.2, 0) is 7.05 Å². The van der Waals surface area contributed by atoms with Crippen molar-refractivity contribution < 1.29 is 4.79 Å². The van der Waals surface area contributed by atoms with Gasteiger partial charge >= 0.3 is 0 Å². The predicted octanol–water partition coefficient (Wildman–Crippen LogP) is 1.12. The molecule has 2 aromatic rings. The Morgan fingerprint density at radius 2 is 2.31 bits per heavy atom. The van der Waals surface area contributed by atoms with Crippen LogP contribution in [0.3, 0.4) is 0 Å². The van der Waals surface area contributed by atoms with E-state index in [0.717, 1.165) is 0 Å². The number of aromatic nitrogens is 4. The molecular formula is C9H8ClN5O. The molecule has 0 aliphatic heterocycles. The van der Waals surface area contributed by atoms with Crippen LogP contribution in [0.5, 0.6) is 0 Å². The van der Waals surface area contributed by atoms with Crippen molar-refractivity contribution in [2.75, 3.05) is 5.32 Å². The third-order valence-corrected chi connectivity index (χ3v) is 2.14. The lowest BCUT2D eigenvalue weighted by Gasteiger charge is -2.03. The van der Waals surface area contributed by atoms with E-state index in [1.54, 1.807) is 19.3 Å². The van der Waals surface area contributed by atoms with Crippen molar-refractivity contribution in [2.24, 2.45) is 7.05 Å². The van der Waals surface area contributed by atoms with Gasteiger partial charge in [0.15, 0.2) is 0 Å². The first-order valence-corrected chi connectivity index (χ1v) is 4.81. The van der Waals surface area contributed by atoms with Gasteiger partial charge in [0.05, 0.1) is 0 Å². The van der Waals surface area contributed by atoms with E-state index >= 15 is 0 Å². The van der Waals surface area contributed by atoms with Crippen LogP contribution in [0.1, 0.15) is 10.5 Å². The second-order valence-electron chi connectivity index (χ2n) is 3.02. The molecule has 82 valence electrons. The lowest BCUT2D eigenvalue weighted by Crippen LogP contribution is -2.16. The minimum absolute atomic E-state index is 0.273. The highest BCUT2D eigenvalue weighted by atomic mass is 35.5. The van der Waals surface area contributed by atoms with Gasteiger partial charge < -0.3 is 5.32 Å². The van der Waals surface area contributed by atoms with Crippen molar-refractivity contribution in [2.45, 2.75) is 0 Å². The molecule has 2 aromatic heterocycles. The lowest BCUT2D eigenvalue weighted by atomic mass is 10.4. The van der Waals surface area contributed by atoms with E-state index in [0.29, 0.717) is 11.5 Å². The van der Waals surface area contributed by atoms with Gasteiger partial charge in [-0.05, 0) is 6.07 Å². The number of carbonyl (C=O) groups excluding carboxylic acids is 1. The van der Waals surface area contributed by atoms with Crippen molar-refractivity contribution in [3.8, 4) is 0 Å². The fourth-order valence-electron chi connectivity index (χ4n) is 1.18. The normalized spacial score (nSPS) is 10.1. The summed E-state index contributed by atoms with van der Waals surface area (Å²) in [6.07, 6.45) is 2.82. The molecule has 0 atom stereocenters. The number of rotatable bonds is 2. The quantitative estimate of drug-likeness (QED) is 0.795. The molecule has 0 aliphatic rings. The minimum Gasteiger partial charge on any atom is -0.305 e. The summed E-state index contributed by atoms with van der Waals surface area (Å²) >= 11 is 5.66. The molecule has 7 heteroatoms. The largest absolute Gasteiger partial charge is 0.305 e. The zero-order valence-corrected chi connectivity index (χ0v) is 9.14. The van der Waals surface area contributed by atoms with E-state index in [2.05, 4.69) is 20.4 Å². The number of halogens is 1. The smallest absolute Gasteiger partial charge is 0.275 e. The number of anilines is 1. The van der Waals surface area contributed by atoms with Gasteiger partial charge in [0.25, 0.3) is 5.91 Å². The Labute approximate surface area is 96.3 Å². The highest BCUT2D eigenvalue weighted by molar-refractivity contribution is 6.29. The standard InChI is InChI=1S/C9H8ClN5O/c1-15-6(2-3-13-15)9(16)14-8-4-7(10)11-5-12-8/h2-5H,1H3,(H,11,12,14,16). The van der Waals surface area contributed by atoms with Crippen molar-refractivity contribution in [1.29, 1.82) is 0 Å². The van der Waals surface area contributed by atoms with Crippen LogP contribution in [0.15, 0.2) is 24.7 Å². The molecule has 0 spiro atoms. The number of hydrogen-bond donors (Lipinski definition) is 1. The Kier molecular flexibility index (Phi) is 2.82. The molecule has 1 amide bonds. The molecule has 0 saturated carbocycles. The van der Waals surface area contributed by atoms with Crippen LogP contribution < -0.4 is 5.32 Å². The summed E-state index contributed by atoms with van der Waals surface area (Å²) in [5.74, 6) is 0.0565. The van der Waals surface area contributed by atoms with Crippen LogP contribution in [0.4, 0.5) is 5.82 Å². The van der Waals surface area contributed by atoms with Crippen LogP contribution in [0, 0.1) is 0 Å². The molecule has 16 heavy (non-hydrogen) atoms. The number of nitrogens with one attached hydrogen (secondary N) is 1. The van der Waals surface area contributed by atoms with E-state index in [-0.39, 0.29) is 11.1 Å². The van der Waals surface area contributed by atoms with Gasteiger partial charge in [-0.25, -0.2) is 9.97 Å². The monoisotopic (exact) mass is 237 g/mol. The fourth-order valence-corrected chi connectivity index (χ4v) is 1.33. The minimum atomic E-state index is -0.297. The topological polar surface area (TPSA) is 72.7 Å². The van der Waals surface area contributed by atoms with Crippen LogP contribution >= 0.6 is 11.6 Å². The van der Waals surface area contributed by atoms with Crippen LogP contribution in [0.25, 0.3) is 0 Å². The highest BCUT2D eigenvalue weighted by Crippen LogP contribution is 2.09. The van der Waals surface area contributed by atoms with E-state index < -0.39 is 0 Å². The van der Waals surface area contributed by atoms with E-state index in [1.165, 1.54) is 17.1 Å². The first-order valence-electron chi connectivity index (χ1n) is 4.44. The number of amides is 1. The summed E-state index contributed by atoms with van der Waals surface area (Å²) in [7, 11) is 1.68. The summed E-state index contributed by atoms with van der Waals surface area (Å²) in [5.41, 5.74) is 0.440. The molecule has 0 bridgehead atoms. The molecule has 2 rings (SSSR count). The average molecular weight is 238 g/mol. The van der Waals surface area contributed by atoms with Gasteiger partial charge in [0.2, 0.25) is 0 Å². The molecule has 2 heterocycles. The van der Waals surface area contributed by atoms with Gasteiger partial charge in [-0.1, -0.05) is 11.6 Å². The fraction of sp³-hybridized carbons (Fsp3) is 0.111. The SMILES string of the molecule is Cn1nccc1C(=O)Nc1cc(Cl)ncn1. The summed E-state index contributed by atoms with van der Waals surface area (Å²) in [5, 5.41) is 6.76. The van der Waals surface area contributed by atoms with Crippen molar-refractivity contribution in [3.05, 3.63) is 35.5 Å². The second kappa shape index (κ2) is 4.28. The summed E-state index contributed by atoms with van der Waals surface area (Å²) in [4.78, 5) is 19.3. The predicted molar refractivity (Wildman–Crippen MR) is 58.2 cm³/mol. The lowest BCUT2D eigenvalue weighted by molar-refractivity contribution is 0.101.